The molecule has 0 radical (unpaired) electrons. The number of nitrogens with zero attached hydrogens (tertiary/aromatic N) is 3. The molecule has 2 aromatic heterocycles. The van der Waals surface area contributed by atoms with Crippen molar-refractivity contribution >= 4 is 5.82 Å². The Morgan fingerprint density at radius 2 is 1.76 bits per heavy atom. The average molecular weight is 228 g/mol. The van der Waals surface area contributed by atoms with E-state index in [2.05, 4.69) is 34.3 Å². The molecule has 4 heteroatoms. The van der Waals surface area contributed by atoms with Crippen LogP contribution in [-0.4, -0.2) is 22.2 Å². The minimum Gasteiger partial charge on any atom is -0.371 e. The van der Waals surface area contributed by atoms with Crippen molar-refractivity contribution in [3.05, 3.63) is 46.9 Å². The summed E-state index contributed by atoms with van der Waals surface area (Å²) in [6.07, 6.45) is 4.39. The van der Waals surface area contributed by atoms with Gasteiger partial charge in [-0.05, 0) is 42.7 Å². The molecular formula is C13H16N4. The van der Waals surface area contributed by atoms with Crippen molar-refractivity contribution in [1.82, 2.24) is 15.2 Å². The molecule has 0 fully saturated rings. The lowest BCUT2D eigenvalue weighted by atomic mass is 10.0. The maximum atomic E-state index is 4.27. The quantitative estimate of drug-likeness (QED) is 0.874. The van der Waals surface area contributed by atoms with Gasteiger partial charge in [-0.2, -0.15) is 5.10 Å². The van der Waals surface area contributed by atoms with E-state index in [1.807, 2.05) is 19.2 Å². The first-order valence-electron chi connectivity index (χ1n) is 5.61. The Morgan fingerprint density at radius 3 is 2.41 bits per heavy atom. The number of aromatic nitrogens is 3. The minimum atomic E-state index is 0.798. The Kier molecular flexibility index (Phi) is 3.32. The van der Waals surface area contributed by atoms with Crippen molar-refractivity contribution in [2.75, 3.05) is 12.4 Å². The number of rotatable bonds is 3. The van der Waals surface area contributed by atoms with Crippen molar-refractivity contribution in [3.63, 3.8) is 0 Å². The van der Waals surface area contributed by atoms with Gasteiger partial charge in [0.25, 0.3) is 0 Å². The second-order valence-electron chi connectivity index (χ2n) is 4.03. The summed E-state index contributed by atoms with van der Waals surface area (Å²) in [5, 5.41) is 11.5. The lowest BCUT2D eigenvalue weighted by Gasteiger charge is -2.10. The van der Waals surface area contributed by atoms with Gasteiger partial charge >= 0.3 is 0 Å². The second kappa shape index (κ2) is 4.91. The molecule has 2 heterocycles. The monoisotopic (exact) mass is 228 g/mol. The van der Waals surface area contributed by atoms with E-state index in [1.165, 1.54) is 11.1 Å². The van der Waals surface area contributed by atoms with Crippen LogP contribution in [0.15, 0.2) is 24.5 Å². The third-order valence-electron chi connectivity index (χ3n) is 2.98. The van der Waals surface area contributed by atoms with Gasteiger partial charge in [-0.15, -0.1) is 5.10 Å². The van der Waals surface area contributed by atoms with Crippen molar-refractivity contribution in [1.29, 1.82) is 0 Å². The first-order valence-corrected chi connectivity index (χ1v) is 5.61. The van der Waals surface area contributed by atoms with Gasteiger partial charge < -0.3 is 5.32 Å². The van der Waals surface area contributed by atoms with Crippen molar-refractivity contribution in [2.24, 2.45) is 0 Å². The molecule has 0 aromatic carbocycles. The van der Waals surface area contributed by atoms with Crippen LogP contribution in [0, 0.1) is 13.8 Å². The van der Waals surface area contributed by atoms with Crippen LogP contribution in [0.5, 0.6) is 0 Å². The lowest BCUT2D eigenvalue weighted by Crippen LogP contribution is -2.05. The predicted octanol–water partition coefficient (Wildman–Crippen LogP) is 2.12. The molecule has 0 bridgehead atoms. The van der Waals surface area contributed by atoms with E-state index in [1.54, 1.807) is 12.4 Å². The summed E-state index contributed by atoms with van der Waals surface area (Å²) in [5.41, 5.74) is 4.58. The average Bonchev–Trinajstić information content (AvgIpc) is 2.37. The zero-order valence-corrected chi connectivity index (χ0v) is 10.4. The maximum absolute atomic E-state index is 4.27. The summed E-state index contributed by atoms with van der Waals surface area (Å²) in [6.45, 7) is 4.15. The van der Waals surface area contributed by atoms with Crippen molar-refractivity contribution in [3.8, 4) is 0 Å². The van der Waals surface area contributed by atoms with Gasteiger partial charge in [-0.3, -0.25) is 4.98 Å². The lowest BCUT2D eigenvalue weighted by molar-refractivity contribution is 0.907. The van der Waals surface area contributed by atoms with E-state index >= 15 is 0 Å². The third-order valence-corrected chi connectivity index (χ3v) is 2.98. The zero-order chi connectivity index (χ0) is 12.3. The van der Waals surface area contributed by atoms with Gasteiger partial charge in [0.1, 0.15) is 0 Å². The summed E-state index contributed by atoms with van der Waals surface area (Å²) in [5.74, 6) is 0.848. The number of anilines is 1. The molecule has 17 heavy (non-hydrogen) atoms. The zero-order valence-electron chi connectivity index (χ0n) is 10.4. The molecule has 1 N–H and O–H groups in total. The SMILES string of the molecule is CNc1nnc(Cc2ccncc2)c(C)c1C. The fraction of sp³-hybridized carbons (Fsp3) is 0.308. The Bertz CT molecular complexity index is 508. The number of hydrogen-bond acceptors (Lipinski definition) is 4. The third kappa shape index (κ3) is 2.41. The summed E-state index contributed by atoms with van der Waals surface area (Å²) in [4.78, 5) is 4.01. The van der Waals surface area contributed by atoms with Gasteiger partial charge in [0.2, 0.25) is 0 Å². The Hall–Kier alpha value is -1.97. The molecule has 88 valence electrons. The summed E-state index contributed by atoms with van der Waals surface area (Å²) in [6, 6.07) is 4.00. The normalized spacial score (nSPS) is 10.3. The number of nitrogens with one attached hydrogen (secondary N) is 1. The van der Waals surface area contributed by atoms with Crippen molar-refractivity contribution in [2.45, 2.75) is 20.3 Å². The molecule has 0 aliphatic heterocycles. The Labute approximate surface area is 101 Å². The molecule has 0 atom stereocenters. The topological polar surface area (TPSA) is 50.7 Å². The van der Waals surface area contributed by atoms with Crippen LogP contribution in [0.25, 0.3) is 0 Å². The highest BCUT2D eigenvalue weighted by Crippen LogP contribution is 2.18. The molecule has 0 aliphatic rings. The van der Waals surface area contributed by atoms with Gasteiger partial charge in [0, 0.05) is 25.9 Å². The van der Waals surface area contributed by atoms with Crippen LogP contribution >= 0.6 is 0 Å². The minimum absolute atomic E-state index is 0.798. The van der Waals surface area contributed by atoms with E-state index in [4.69, 9.17) is 0 Å². The number of pyridine rings is 1. The van der Waals surface area contributed by atoms with Crippen LogP contribution in [0.1, 0.15) is 22.4 Å². The van der Waals surface area contributed by atoms with E-state index in [0.717, 1.165) is 23.5 Å². The highest BCUT2D eigenvalue weighted by Gasteiger charge is 2.08. The van der Waals surface area contributed by atoms with Gasteiger partial charge in [0.15, 0.2) is 5.82 Å². The van der Waals surface area contributed by atoms with Gasteiger partial charge in [-0.25, -0.2) is 0 Å². The Balaban J connectivity index is 2.32. The molecule has 0 saturated heterocycles. The molecule has 0 aliphatic carbocycles. The highest BCUT2D eigenvalue weighted by molar-refractivity contribution is 5.47. The second-order valence-corrected chi connectivity index (χ2v) is 4.03. The fourth-order valence-electron chi connectivity index (χ4n) is 1.75. The maximum Gasteiger partial charge on any atom is 0.151 e. The smallest absolute Gasteiger partial charge is 0.151 e. The first kappa shape index (κ1) is 11.5. The molecule has 0 spiro atoms. The van der Waals surface area contributed by atoms with Crippen LogP contribution < -0.4 is 5.32 Å². The standard InChI is InChI=1S/C13H16N4/c1-9-10(2)13(14-3)17-16-12(9)8-11-4-6-15-7-5-11/h4-7H,8H2,1-3H3,(H,14,17). The van der Waals surface area contributed by atoms with E-state index in [0.29, 0.717) is 0 Å². The van der Waals surface area contributed by atoms with Gasteiger partial charge in [0.05, 0.1) is 5.69 Å². The highest BCUT2D eigenvalue weighted by atomic mass is 15.2. The van der Waals surface area contributed by atoms with Crippen LogP contribution in [0.3, 0.4) is 0 Å². The molecule has 2 rings (SSSR count). The largest absolute Gasteiger partial charge is 0.371 e. The van der Waals surface area contributed by atoms with E-state index < -0.39 is 0 Å². The number of hydrogen-bond donors (Lipinski definition) is 1. The first-order chi connectivity index (χ1) is 8.22. The van der Waals surface area contributed by atoms with E-state index in [-0.39, 0.29) is 0 Å². The van der Waals surface area contributed by atoms with Crippen LogP contribution in [0.4, 0.5) is 5.82 Å². The predicted molar refractivity (Wildman–Crippen MR) is 68.1 cm³/mol. The molecule has 0 unspecified atom stereocenters. The van der Waals surface area contributed by atoms with Crippen LogP contribution in [0.2, 0.25) is 0 Å². The molecular weight excluding hydrogens is 212 g/mol. The summed E-state index contributed by atoms with van der Waals surface area (Å²) >= 11 is 0. The molecule has 2 aromatic rings. The molecule has 0 saturated carbocycles. The summed E-state index contributed by atoms with van der Waals surface area (Å²) in [7, 11) is 1.86. The van der Waals surface area contributed by atoms with Gasteiger partial charge in [-0.1, -0.05) is 0 Å². The molecule has 0 amide bonds. The summed E-state index contributed by atoms with van der Waals surface area (Å²) < 4.78 is 0. The molecule has 4 nitrogen and oxygen atoms in total. The Morgan fingerprint density at radius 1 is 1.06 bits per heavy atom. The van der Waals surface area contributed by atoms with Crippen molar-refractivity contribution < 1.29 is 0 Å². The van der Waals surface area contributed by atoms with E-state index in [9.17, 15) is 0 Å². The fourth-order valence-corrected chi connectivity index (χ4v) is 1.75. The van der Waals surface area contributed by atoms with Crippen LogP contribution in [-0.2, 0) is 6.42 Å².